The van der Waals surface area contributed by atoms with Crippen molar-refractivity contribution in [3.63, 3.8) is 0 Å². The average Bonchev–Trinajstić information content (AvgIpc) is 3.08. The third kappa shape index (κ3) is 3.86. The van der Waals surface area contributed by atoms with Crippen LogP contribution in [0.5, 0.6) is 17.2 Å². The summed E-state index contributed by atoms with van der Waals surface area (Å²) < 4.78 is 11.0. The molecule has 3 rings (SSSR count). The number of nitrogens with zero attached hydrogens (tertiary/aromatic N) is 1. The third-order valence-electron chi connectivity index (χ3n) is 3.65. The summed E-state index contributed by atoms with van der Waals surface area (Å²) in [6.45, 7) is 1.11. The highest BCUT2D eigenvalue weighted by molar-refractivity contribution is 5.51. The van der Waals surface area contributed by atoms with Gasteiger partial charge in [0, 0.05) is 12.2 Å². The van der Waals surface area contributed by atoms with E-state index in [1.807, 2.05) is 36.5 Å². The topological polar surface area (TPSA) is 43.4 Å². The van der Waals surface area contributed by atoms with Gasteiger partial charge in [-0.15, -0.1) is 0 Å². The van der Waals surface area contributed by atoms with Gasteiger partial charge < -0.3 is 14.8 Å². The minimum absolute atomic E-state index is 0.478. The largest absolute Gasteiger partial charge is 0.497 e. The molecule has 0 aliphatic carbocycles. The summed E-state index contributed by atoms with van der Waals surface area (Å²) in [4.78, 5) is 4.24. The smallest absolute Gasteiger partial charge is 0.146 e. The Bertz CT molecular complexity index is 632. The van der Waals surface area contributed by atoms with Gasteiger partial charge in [0.25, 0.3) is 0 Å². The van der Waals surface area contributed by atoms with Crippen LogP contribution in [0.25, 0.3) is 6.08 Å². The van der Waals surface area contributed by atoms with Crippen molar-refractivity contribution in [1.29, 1.82) is 0 Å². The Balaban J connectivity index is 1.67. The highest BCUT2D eigenvalue weighted by Gasteiger charge is 2.09. The van der Waals surface area contributed by atoms with E-state index in [1.54, 1.807) is 13.3 Å². The minimum atomic E-state index is 0.478. The lowest BCUT2D eigenvalue weighted by molar-refractivity contribution is 0.412. The fourth-order valence-electron chi connectivity index (χ4n) is 2.47. The molecule has 0 spiro atoms. The molecule has 2 heterocycles. The normalized spacial score (nSPS) is 17.8. The fraction of sp³-hybridized carbons (Fsp3) is 0.278. The van der Waals surface area contributed by atoms with Crippen LogP contribution in [-0.2, 0) is 0 Å². The molecule has 2 aromatic rings. The van der Waals surface area contributed by atoms with Crippen LogP contribution >= 0.6 is 0 Å². The zero-order chi connectivity index (χ0) is 15.2. The van der Waals surface area contributed by atoms with Gasteiger partial charge in [-0.25, -0.2) is 0 Å². The van der Waals surface area contributed by atoms with Crippen LogP contribution in [0.1, 0.15) is 18.4 Å². The monoisotopic (exact) mass is 296 g/mol. The molecular weight excluding hydrogens is 276 g/mol. The molecular formula is C18H20N2O2. The first kappa shape index (κ1) is 14.6. The lowest BCUT2D eigenvalue weighted by atomic mass is 10.2. The van der Waals surface area contributed by atoms with Crippen LogP contribution in [0, 0.1) is 0 Å². The van der Waals surface area contributed by atoms with Crippen molar-refractivity contribution in [3.05, 3.63) is 54.4 Å². The molecule has 114 valence electrons. The molecule has 0 saturated carbocycles. The second kappa shape index (κ2) is 7.09. The maximum atomic E-state index is 5.82. The molecule has 1 aliphatic rings. The summed E-state index contributed by atoms with van der Waals surface area (Å²) in [5.74, 6) is 2.30. The van der Waals surface area contributed by atoms with E-state index in [1.165, 1.54) is 12.8 Å². The molecule has 1 N–H and O–H groups in total. The van der Waals surface area contributed by atoms with E-state index in [0.717, 1.165) is 29.4 Å². The van der Waals surface area contributed by atoms with Gasteiger partial charge in [0.15, 0.2) is 0 Å². The van der Waals surface area contributed by atoms with Crippen molar-refractivity contribution in [2.24, 2.45) is 0 Å². The minimum Gasteiger partial charge on any atom is -0.497 e. The second-order valence-electron chi connectivity index (χ2n) is 5.29. The molecule has 1 aromatic heterocycles. The number of methoxy groups -OCH3 is 1. The molecule has 1 aliphatic heterocycles. The number of ether oxygens (including phenoxy) is 2. The maximum Gasteiger partial charge on any atom is 0.146 e. The van der Waals surface area contributed by atoms with E-state index >= 15 is 0 Å². The van der Waals surface area contributed by atoms with Crippen LogP contribution in [-0.4, -0.2) is 24.7 Å². The Morgan fingerprint density at radius 1 is 1.14 bits per heavy atom. The molecule has 1 aromatic carbocycles. The summed E-state index contributed by atoms with van der Waals surface area (Å²) in [6, 6.07) is 9.97. The molecule has 0 amide bonds. The van der Waals surface area contributed by atoms with Crippen molar-refractivity contribution in [1.82, 2.24) is 10.3 Å². The third-order valence-corrected chi connectivity index (χ3v) is 3.65. The Labute approximate surface area is 130 Å². The van der Waals surface area contributed by atoms with Crippen LogP contribution in [0.4, 0.5) is 0 Å². The van der Waals surface area contributed by atoms with Gasteiger partial charge >= 0.3 is 0 Å². The summed E-state index contributed by atoms with van der Waals surface area (Å²) in [5.41, 5.74) is 1.04. The Morgan fingerprint density at radius 2 is 1.95 bits per heavy atom. The van der Waals surface area contributed by atoms with Gasteiger partial charge in [-0.3, -0.25) is 4.98 Å². The van der Waals surface area contributed by atoms with Gasteiger partial charge in [0.05, 0.1) is 13.3 Å². The molecule has 1 atom stereocenters. The molecule has 0 radical (unpaired) electrons. The van der Waals surface area contributed by atoms with Crippen LogP contribution in [0.2, 0.25) is 0 Å². The second-order valence-corrected chi connectivity index (χ2v) is 5.29. The van der Waals surface area contributed by atoms with Gasteiger partial charge in [-0.2, -0.15) is 0 Å². The first-order valence-electron chi connectivity index (χ1n) is 7.52. The number of hydrogen-bond acceptors (Lipinski definition) is 4. The number of hydrogen-bond donors (Lipinski definition) is 1. The Hall–Kier alpha value is -2.33. The van der Waals surface area contributed by atoms with E-state index in [0.29, 0.717) is 6.04 Å². The first-order valence-corrected chi connectivity index (χ1v) is 7.52. The summed E-state index contributed by atoms with van der Waals surface area (Å²) in [6.07, 6.45) is 10.3. The highest BCUT2D eigenvalue weighted by Crippen LogP contribution is 2.24. The summed E-state index contributed by atoms with van der Waals surface area (Å²) in [7, 11) is 1.65. The van der Waals surface area contributed by atoms with Gasteiger partial charge in [0.1, 0.15) is 17.2 Å². The zero-order valence-electron chi connectivity index (χ0n) is 12.7. The SMILES string of the molecule is COc1ccc(Oc2cncc(C=C[C@@H]3CCCN3)c2)cc1. The van der Waals surface area contributed by atoms with Gasteiger partial charge in [-0.1, -0.05) is 12.2 Å². The lowest BCUT2D eigenvalue weighted by Crippen LogP contribution is -2.17. The average molecular weight is 296 g/mol. The predicted octanol–water partition coefficient (Wildman–Crippen LogP) is 3.65. The Kier molecular flexibility index (Phi) is 4.71. The standard InChI is InChI=1S/C18H20N2O2/c1-21-16-6-8-17(9-7-16)22-18-11-14(12-19-13-18)4-5-15-3-2-10-20-15/h4-9,11-13,15,20H,2-3,10H2,1H3/t15-/m0/s1. The number of nitrogens with one attached hydrogen (secondary N) is 1. The molecule has 0 bridgehead atoms. The van der Waals surface area contributed by atoms with E-state index in [9.17, 15) is 0 Å². The Morgan fingerprint density at radius 3 is 2.68 bits per heavy atom. The van der Waals surface area contributed by atoms with Crippen LogP contribution in [0.15, 0.2) is 48.8 Å². The van der Waals surface area contributed by atoms with E-state index < -0.39 is 0 Å². The molecule has 1 fully saturated rings. The van der Waals surface area contributed by atoms with Crippen molar-refractivity contribution in [2.75, 3.05) is 13.7 Å². The maximum absolute atomic E-state index is 5.82. The number of pyridine rings is 1. The summed E-state index contributed by atoms with van der Waals surface area (Å²) >= 11 is 0. The predicted molar refractivity (Wildman–Crippen MR) is 87.4 cm³/mol. The van der Waals surface area contributed by atoms with E-state index in [2.05, 4.69) is 22.5 Å². The number of benzene rings is 1. The number of aromatic nitrogens is 1. The van der Waals surface area contributed by atoms with Crippen molar-refractivity contribution >= 4 is 6.08 Å². The summed E-state index contributed by atoms with van der Waals surface area (Å²) in [5, 5.41) is 3.44. The molecule has 4 nitrogen and oxygen atoms in total. The van der Waals surface area contributed by atoms with E-state index in [-0.39, 0.29) is 0 Å². The van der Waals surface area contributed by atoms with Gasteiger partial charge in [-0.05, 0) is 55.3 Å². The molecule has 22 heavy (non-hydrogen) atoms. The quantitative estimate of drug-likeness (QED) is 0.914. The van der Waals surface area contributed by atoms with Gasteiger partial charge in [0.2, 0.25) is 0 Å². The fourth-order valence-corrected chi connectivity index (χ4v) is 2.47. The van der Waals surface area contributed by atoms with Crippen molar-refractivity contribution in [3.8, 4) is 17.2 Å². The first-order chi connectivity index (χ1) is 10.8. The molecule has 1 saturated heterocycles. The highest BCUT2D eigenvalue weighted by atomic mass is 16.5. The van der Waals surface area contributed by atoms with Crippen LogP contribution in [0.3, 0.4) is 0 Å². The van der Waals surface area contributed by atoms with Crippen LogP contribution < -0.4 is 14.8 Å². The molecule has 4 heteroatoms. The van der Waals surface area contributed by atoms with E-state index in [4.69, 9.17) is 9.47 Å². The molecule has 0 unspecified atom stereocenters. The van der Waals surface area contributed by atoms with Crippen molar-refractivity contribution < 1.29 is 9.47 Å². The number of rotatable bonds is 5. The zero-order valence-corrected chi connectivity index (χ0v) is 12.7. The lowest BCUT2D eigenvalue weighted by Gasteiger charge is -2.07. The van der Waals surface area contributed by atoms with Crippen molar-refractivity contribution in [2.45, 2.75) is 18.9 Å².